The molecule has 1 fully saturated rings. The largest absolute Gasteiger partial charge is 0.481 e. The summed E-state index contributed by atoms with van der Waals surface area (Å²) in [4.78, 5) is 34.1. The van der Waals surface area contributed by atoms with Crippen LogP contribution in [0.5, 0.6) is 0 Å². The predicted molar refractivity (Wildman–Crippen MR) is 86.1 cm³/mol. The van der Waals surface area contributed by atoms with Crippen LogP contribution in [0.3, 0.4) is 0 Å². The Bertz CT molecular complexity index is 579. The fourth-order valence-electron chi connectivity index (χ4n) is 2.17. The number of carbonyl (C=O) groups excluding carboxylic acids is 2. The molecular formula is C17H22N2O4. The zero-order valence-corrected chi connectivity index (χ0v) is 13.2. The van der Waals surface area contributed by atoms with E-state index >= 15 is 0 Å². The van der Waals surface area contributed by atoms with Crippen LogP contribution in [0.2, 0.25) is 0 Å². The summed E-state index contributed by atoms with van der Waals surface area (Å²) in [6.45, 7) is 2.13. The minimum absolute atomic E-state index is 0.0912. The van der Waals surface area contributed by atoms with Crippen LogP contribution in [0.1, 0.15) is 44.1 Å². The summed E-state index contributed by atoms with van der Waals surface area (Å²) in [5.41, 5.74) is 1.33. The Balaban J connectivity index is 1.70. The first-order chi connectivity index (χ1) is 11.0. The van der Waals surface area contributed by atoms with Crippen LogP contribution in [0.25, 0.3) is 0 Å². The Morgan fingerprint density at radius 2 is 1.87 bits per heavy atom. The molecule has 23 heavy (non-hydrogen) atoms. The van der Waals surface area contributed by atoms with E-state index in [1.54, 1.807) is 31.2 Å². The Kier molecular flexibility index (Phi) is 5.73. The molecule has 1 aliphatic carbocycles. The number of rotatable bonds is 8. The molecule has 1 aliphatic rings. The van der Waals surface area contributed by atoms with E-state index in [-0.39, 0.29) is 17.7 Å². The summed E-state index contributed by atoms with van der Waals surface area (Å²) in [6, 6.07) is 6.79. The van der Waals surface area contributed by atoms with E-state index in [4.69, 9.17) is 5.11 Å². The molecule has 0 spiro atoms. The predicted octanol–water partition coefficient (Wildman–Crippen LogP) is 2.12. The van der Waals surface area contributed by atoms with Gasteiger partial charge in [-0.2, -0.15) is 0 Å². The molecule has 0 aliphatic heterocycles. The van der Waals surface area contributed by atoms with Crippen molar-refractivity contribution in [1.82, 2.24) is 5.32 Å². The number of anilines is 1. The van der Waals surface area contributed by atoms with Crippen molar-refractivity contribution in [2.45, 2.75) is 38.5 Å². The summed E-state index contributed by atoms with van der Waals surface area (Å²) in [5.74, 6) is -1.29. The third kappa shape index (κ3) is 5.39. The number of hydrogen-bond acceptors (Lipinski definition) is 3. The Morgan fingerprint density at radius 3 is 2.43 bits per heavy atom. The Hall–Kier alpha value is -2.37. The molecule has 1 atom stereocenters. The normalized spacial score (nSPS) is 14.8. The lowest BCUT2D eigenvalue weighted by Crippen LogP contribution is -2.26. The smallest absolute Gasteiger partial charge is 0.310 e. The zero-order valence-electron chi connectivity index (χ0n) is 13.2. The monoisotopic (exact) mass is 318 g/mol. The van der Waals surface area contributed by atoms with E-state index in [9.17, 15) is 14.4 Å². The highest BCUT2D eigenvalue weighted by molar-refractivity contribution is 5.90. The van der Waals surface area contributed by atoms with Crippen LogP contribution >= 0.6 is 0 Å². The summed E-state index contributed by atoms with van der Waals surface area (Å²) in [6.07, 6.45) is 2.88. The van der Waals surface area contributed by atoms with Crippen molar-refractivity contribution >= 4 is 23.5 Å². The molecule has 2 amide bonds. The Morgan fingerprint density at radius 1 is 1.22 bits per heavy atom. The molecule has 1 unspecified atom stereocenters. The third-order valence-electron chi connectivity index (χ3n) is 3.89. The van der Waals surface area contributed by atoms with Gasteiger partial charge in [0.25, 0.3) is 0 Å². The third-order valence-corrected chi connectivity index (χ3v) is 3.89. The van der Waals surface area contributed by atoms with Gasteiger partial charge in [-0.3, -0.25) is 14.4 Å². The maximum Gasteiger partial charge on any atom is 0.310 e. The van der Waals surface area contributed by atoms with Crippen molar-refractivity contribution < 1.29 is 19.5 Å². The zero-order chi connectivity index (χ0) is 16.8. The SMILES string of the molecule is CC(C(=O)O)c1ccc(NC(=O)CCCNC(=O)C2CC2)cc1. The average Bonchev–Trinajstić information content (AvgIpc) is 3.36. The number of benzene rings is 1. The number of carbonyl (C=O) groups is 3. The van der Waals surface area contributed by atoms with Crippen LogP contribution in [0.4, 0.5) is 5.69 Å². The number of aliphatic carboxylic acids is 1. The van der Waals surface area contributed by atoms with Gasteiger partial charge in [-0.05, 0) is 43.9 Å². The molecule has 2 rings (SSSR count). The summed E-state index contributed by atoms with van der Waals surface area (Å²) < 4.78 is 0. The molecule has 0 saturated heterocycles. The average molecular weight is 318 g/mol. The number of amides is 2. The van der Waals surface area contributed by atoms with Crippen molar-refractivity contribution in [3.8, 4) is 0 Å². The summed E-state index contributed by atoms with van der Waals surface area (Å²) in [5, 5.41) is 14.5. The minimum atomic E-state index is -0.880. The molecule has 0 heterocycles. The second-order valence-electron chi connectivity index (χ2n) is 5.90. The molecule has 3 N–H and O–H groups in total. The standard InChI is InChI=1S/C17H22N2O4/c1-11(17(22)23)12-6-8-14(9-7-12)19-15(20)3-2-10-18-16(21)13-4-5-13/h6-9,11,13H,2-5,10H2,1H3,(H,18,21)(H,19,20)(H,22,23). The van der Waals surface area contributed by atoms with Gasteiger partial charge in [-0.1, -0.05) is 12.1 Å². The molecule has 0 aromatic heterocycles. The van der Waals surface area contributed by atoms with Gasteiger partial charge in [0, 0.05) is 24.6 Å². The van der Waals surface area contributed by atoms with E-state index in [1.807, 2.05) is 0 Å². The number of carboxylic acids is 1. The minimum Gasteiger partial charge on any atom is -0.481 e. The molecule has 6 nitrogen and oxygen atoms in total. The van der Waals surface area contributed by atoms with Gasteiger partial charge >= 0.3 is 5.97 Å². The molecule has 6 heteroatoms. The quantitative estimate of drug-likeness (QED) is 0.640. The van der Waals surface area contributed by atoms with E-state index < -0.39 is 11.9 Å². The highest BCUT2D eigenvalue weighted by Gasteiger charge is 2.28. The van der Waals surface area contributed by atoms with Gasteiger partial charge in [0.05, 0.1) is 5.92 Å². The lowest BCUT2D eigenvalue weighted by atomic mass is 10.0. The second-order valence-corrected chi connectivity index (χ2v) is 5.90. The summed E-state index contributed by atoms with van der Waals surface area (Å²) in [7, 11) is 0. The maximum absolute atomic E-state index is 11.8. The van der Waals surface area contributed by atoms with Crippen molar-refractivity contribution in [2.75, 3.05) is 11.9 Å². The van der Waals surface area contributed by atoms with Crippen molar-refractivity contribution in [1.29, 1.82) is 0 Å². The van der Waals surface area contributed by atoms with Gasteiger partial charge in [0.1, 0.15) is 0 Å². The summed E-state index contributed by atoms with van der Waals surface area (Å²) >= 11 is 0. The van der Waals surface area contributed by atoms with Gasteiger partial charge in [-0.25, -0.2) is 0 Å². The van der Waals surface area contributed by atoms with Gasteiger partial charge < -0.3 is 15.7 Å². The molecule has 1 aromatic carbocycles. The van der Waals surface area contributed by atoms with Crippen LogP contribution in [0, 0.1) is 5.92 Å². The lowest BCUT2D eigenvalue weighted by Gasteiger charge is -2.09. The number of carboxylic acid groups (broad SMARTS) is 1. The molecule has 1 aromatic rings. The fraction of sp³-hybridized carbons (Fsp3) is 0.471. The van der Waals surface area contributed by atoms with Crippen LogP contribution in [-0.4, -0.2) is 29.4 Å². The van der Waals surface area contributed by atoms with Gasteiger partial charge in [0.2, 0.25) is 11.8 Å². The molecular weight excluding hydrogens is 296 g/mol. The van der Waals surface area contributed by atoms with E-state index in [0.29, 0.717) is 30.6 Å². The second kappa shape index (κ2) is 7.76. The fourth-order valence-corrected chi connectivity index (χ4v) is 2.17. The van der Waals surface area contributed by atoms with Crippen LogP contribution in [-0.2, 0) is 14.4 Å². The molecule has 1 saturated carbocycles. The van der Waals surface area contributed by atoms with Crippen molar-refractivity contribution in [2.24, 2.45) is 5.92 Å². The maximum atomic E-state index is 11.8. The lowest BCUT2D eigenvalue weighted by molar-refractivity contribution is -0.138. The van der Waals surface area contributed by atoms with Crippen LogP contribution < -0.4 is 10.6 Å². The van der Waals surface area contributed by atoms with Crippen LogP contribution in [0.15, 0.2) is 24.3 Å². The highest BCUT2D eigenvalue weighted by Crippen LogP contribution is 2.28. The molecule has 124 valence electrons. The van der Waals surface area contributed by atoms with Crippen molar-refractivity contribution in [3.63, 3.8) is 0 Å². The Labute approximate surface area is 135 Å². The molecule has 0 bridgehead atoms. The molecule has 0 radical (unpaired) electrons. The first kappa shape index (κ1) is 17.0. The van der Waals surface area contributed by atoms with E-state index in [2.05, 4.69) is 10.6 Å². The van der Waals surface area contributed by atoms with E-state index in [1.165, 1.54) is 0 Å². The first-order valence-corrected chi connectivity index (χ1v) is 7.87. The number of nitrogens with one attached hydrogen (secondary N) is 2. The first-order valence-electron chi connectivity index (χ1n) is 7.87. The number of hydrogen-bond donors (Lipinski definition) is 3. The van der Waals surface area contributed by atoms with Gasteiger partial charge in [-0.15, -0.1) is 0 Å². The van der Waals surface area contributed by atoms with Gasteiger partial charge in [0.15, 0.2) is 0 Å². The topological polar surface area (TPSA) is 95.5 Å². The van der Waals surface area contributed by atoms with Crippen molar-refractivity contribution in [3.05, 3.63) is 29.8 Å². The highest BCUT2D eigenvalue weighted by atomic mass is 16.4. The van der Waals surface area contributed by atoms with E-state index in [0.717, 1.165) is 12.8 Å².